The average Bonchev–Trinajstić information content (AvgIpc) is 3.02. The number of phenols is 1. The summed E-state index contributed by atoms with van der Waals surface area (Å²) >= 11 is 3.46. The van der Waals surface area contributed by atoms with Crippen LogP contribution in [0.1, 0.15) is 57.9 Å². The number of amides is 2. The van der Waals surface area contributed by atoms with Gasteiger partial charge in [-0.15, -0.1) is 0 Å². The van der Waals surface area contributed by atoms with Crippen LogP contribution in [0.5, 0.6) is 5.75 Å². The number of aromatic hydroxyl groups is 1. The summed E-state index contributed by atoms with van der Waals surface area (Å²) in [4.78, 5) is 27.0. The van der Waals surface area contributed by atoms with Gasteiger partial charge in [0.15, 0.2) is 0 Å². The Morgan fingerprint density at radius 3 is 2.74 bits per heavy atom. The lowest BCUT2D eigenvalue weighted by Crippen LogP contribution is -2.46. The molecule has 182 valence electrons. The number of phenolic OH excluding ortho intramolecular Hbond substituents is 1. The smallest absolute Gasteiger partial charge is 0.455 e. The van der Waals surface area contributed by atoms with Crippen LogP contribution in [0.2, 0.25) is 6.32 Å². The van der Waals surface area contributed by atoms with E-state index in [9.17, 15) is 19.7 Å². The molecule has 2 aliphatic heterocycles. The van der Waals surface area contributed by atoms with Crippen molar-refractivity contribution in [2.75, 3.05) is 7.05 Å². The lowest BCUT2D eigenvalue weighted by molar-refractivity contribution is -0.138. The molecule has 0 radical (unpaired) electrons. The van der Waals surface area contributed by atoms with Crippen LogP contribution in [-0.2, 0) is 14.2 Å². The minimum Gasteiger partial charge on any atom is -0.507 e. The maximum atomic E-state index is 13.0. The quantitative estimate of drug-likeness (QED) is 0.296. The molecule has 0 bridgehead atoms. The third-order valence-electron chi connectivity index (χ3n) is 7.61. The zero-order valence-electron chi connectivity index (χ0n) is 20.1. The number of hydrogen-bond donors (Lipinski definition) is 2. The molecule has 2 saturated heterocycles. The zero-order valence-corrected chi connectivity index (χ0v) is 21.7. The molecule has 1 aliphatic carbocycles. The highest BCUT2D eigenvalue weighted by molar-refractivity contribution is 9.10. The molecule has 1 aromatic rings. The predicted octanol–water partition coefficient (Wildman–Crippen LogP) is 4.96. The van der Waals surface area contributed by atoms with Gasteiger partial charge in [0.1, 0.15) is 5.75 Å². The zero-order chi connectivity index (χ0) is 24.6. The summed E-state index contributed by atoms with van der Waals surface area (Å²) in [6, 6.07) is 5.37. The summed E-state index contributed by atoms with van der Waals surface area (Å²) in [5.41, 5.74) is 4.31. The molecule has 1 aromatic carbocycles. The fourth-order valence-corrected chi connectivity index (χ4v) is 6.37. The number of hydrogen-bond acceptors (Lipinski definition) is 5. The molecule has 2 amide bonds. The Bertz CT molecular complexity index is 1040. The van der Waals surface area contributed by atoms with Crippen molar-refractivity contribution < 1.29 is 24.4 Å². The summed E-state index contributed by atoms with van der Waals surface area (Å²) in [6.45, 7) is 4.21. The van der Waals surface area contributed by atoms with E-state index in [1.54, 1.807) is 19.2 Å². The van der Waals surface area contributed by atoms with Crippen LogP contribution in [0.4, 0.5) is 0 Å². The number of halogens is 1. The molecular formula is C26H33BBrNO5. The molecule has 8 heteroatoms. The van der Waals surface area contributed by atoms with E-state index in [1.165, 1.54) is 16.0 Å². The van der Waals surface area contributed by atoms with Crippen LogP contribution in [-0.4, -0.2) is 47.1 Å². The number of imide groups is 1. The van der Waals surface area contributed by atoms with Crippen LogP contribution in [0, 0.1) is 17.8 Å². The summed E-state index contributed by atoms with van der Waals surface area (Å²) in [7, 11) is 0.628. The molecule has 0 saturated carbocycles. The fraction of sp³-hybridized carbons (Fsp3) is 0.538. The van der Waals surface area contributed by atoms with Gasteiger partial charge in [0, 0.05) is 17.1 Å². The SMILES string of the molecule is CCCC1=C2[C@@H](CC/C(=C/c3cc(Br)ccc3O)CC)OB(O)C[C@@H]2[C@@H]2C(=O)N(C)C(=O)[C@@H]2C1. The Labute approximate surface area is 210 Å². The Morgan fingerprint density at radius 1 is 1.26 bits per heavy atom. The molecule has 0 spiro atoms. The number of carbonyl (C=O) groups is 2. The van der Waals surface area contributed by atoms with E-state index in [4.69, 9.17) is 4.65 Å². The summed E-state index contributed by atoms with van der Waals surface area (Å²) in [5, 5.41) is 20.8. The van der Waals surface area contributed by atoms with Crippen molar-refractivity contribution in [1.29, 1.82) is 0 Å². The third-order valence-corrected chi connectivity index (χ3v) is 8.10. The van der Waals surface area contributed by atoms with Gasteiger partial charge in [-0.25, -0.2) is 0 Å². The van der Waals surface area contributed by atoms with Gasteiger partial charge in [0.05, 0.1) is 17.9 Å². The number of allylic oxidation sites excluding steroid dienone is 2. The largest absolute Gasteiger partial charge is 0.507 e. The first-order chi connectivity index (χ1) is 16.2. The molecule has 6 nitrogen and oxygen atoms in total. The number of fused-ring (bicyclic) bond motifs is 3. The summed E-state index contributed by atoms with van der Waals surface area (Å²) < 4.78 is 6.96. The Balaban J connectivity index is 1.62. The van der Waals surface area contributed by atoms with Crippen molar-refractivity contribution in [3.63, 3.8) is 0 Å². The van der Waals surface area contributed by atoms with Gasteiger partial charge in [-0.1, -0.05) is 53.4 Å². The molecule has 2 N–H and O–H groups in total. The van der Waals surface area contributed by atoms with Gasteiger partial charge in [-0.2, -0.15) is 0 Å². The van der Waals surface area contributed by atoms with Crippen LogP contribution in [0.15, 0.2) is 39.4 Å². The lowest BCUT2D eigenvalue weighted by Gasteiger charge is -2.43. The minimum absolute atomic E-state index is 0.0924. The van der Waals surface area contributed by atoms with Gasteiger partial charge >= 0.3 is 7.12 Å². The molecule has 4 atom stereocenters. The topological polar surface area (TPSA) is 87.1 Å². The van der Waals surface area contributed by atoms with E-state index in [2.05, 4.69) is 29.8 Å². The van der Waals surface area contributed by atoms with Gasteiger partial charge in [0.2, 0.25) is 11.8 Å². The highest BCUT2D eigenvalue weighted by atomic mass is 79.9. The molecule has 4 rings (SSSR count). The second-order valence-electron chi connectivity index (χ2n) is 9.70. The Kier molecular flexibility index (Phi) is 7.70. The standard InChI is InChI=1S/C26H33BBrNO5/c1-4-6-16-13-19-24(26(32)29(3)25(19)31)20-14-27(33)34-22(23(16)20)10-7-15(5-2)11-17-12-18(28)8-9-21(17)30/h8-9,11-12,19-20,22,24,30,33H,4-7,10,13-14H2,1-3H3/b15-11+/t19-,20+,22-,24-/m1/s1. The number of benzene rings is 1. The first kappa shape index (κ1) is 25.2. The van der Waals surface area contributed by atoms with Crippen LogP contribution in [0.3, 0.4) is 0 Å². The lowest BCUT2D eigenvalue weighted by atomic mass is 9.58. The van der Waals surface area contributed by atoms with E-state index in [0.29, 0.717) is 19.2 Å². The number of carbonyl (C=O) groups excluding carboxylic acids is 2. The monoisotopic (exact) mass is 529 g/mol. The third kappa shape index (κ3) is 4.77. The first-order valence-corrected chi connectivity index (χ1v) is 13.1. The summed E-state index contributed by atoms with van der Waals surface area (Å²) in [5.74, 6) is -0.847. The number of likely N-dealkylation sites (tertiary alicyclic amines) is 1. The van der Waals surface area contributed by atoms with Crippen LogP contribution < -0.4 is 0 Å². The van der Waals surface area contributed by atoms with Gasteiger partial charge < -0.3 is 14.8 Å². The van der Waals surface area contributed by atoms with E-state index in [1.807, 2.05) is 12.1 Å². The summed E-state index contributed by atoms with van der Waals surface area (Å²) in [6.07, 6.45) is 6.79. The van der Waals surface area contributed by atoms with Crippen LogP contribution >= 0.6 is 15.9 Å². The van der Waals surface area contributed by atoms with E-state index < -0.39 is 13.0 Å². The molecule has 34 heavy (non-hydrogen) atoms. The van der Waals surface area contributed by atoms with Crippen molar-refractivity contribution >= 4 is 40.9 Å². The maximum Gasteiger partial charge on any atom is 0.455 e. The normalized spacial score (nSPS) is 27.4. The fourth-order valence-electron chi connectivity index (χ4n) is 5.99. The molecule has 0 aromatic heterocycles. The first-order valence-electron chi connectivity index (χ1n) is 12.3. The molecule has 2 fully saturated rings. The van der Waals surface area contributed by atoms with Crippen molar-refractivity contribution in [2.24, 2.45) is 17.8 Å². The van der Waals surface area contributed by atoms with E-state index >= 15 is 0 Å². The van der Waals surface area contributed by atoms with Crippen molar-refractivity contribution in [3.8, 4) is 5.75 Å². The Morgan fingerprint density at radius 2 is 2.03 bits per heavy atom. The highest BCUT2D eigenvalue weighted by Gasteiger charge is 2.56. The number of rotatable bonds is 7. The highest BCUT2D eigenvalue weighted by Crippen LogP contribution is 2.51. The molecule has 0 unspecified atom stereocenters. The molecule has 2 heterocycles. The van der Waals surface area contributed by atoms with Gasteiger partial charge in [-0.05, 0) is 68.1 Å². The van der Waals surface area contributed by atoms with Gasteiger partial charge in [-0.3, -0.25) is 14.5 Å². The van der Waals surface area contributed by atoms with E-state index in [-0.39, 0.29) is 35.5 Å². The second kappa shape index (κ2) is 10.4. The molecule has 3 aliphatic rings. The maximum absolute atomic E-state index is 13.0. The predicted molar refractivity (Wildman–Crippen MR) is 136 cm³/mol. The van der Waals surface area contributed by atoms with Gasteiger partial charge in [0.25, 0.3) is 0 Å². The molecular weight excluding hydrogens is 497 g/mol. The van der Waals surface area contributed by atoms with Crippen LogP contribution in [0.25, 0.3) is 6.08 Å². The minimum atomic E-state index is -0.947. The average molecular weight is 530 g/mol. The second-order valence-corrected chi connectivity index (χ2v) is 10.6. The van der Waals surface area contributed by atoms with Crippen molar-refractivity contribution in [1.82, 2.24) is 4.90 Å². The Hall–Kier alpha value is -1.90. The van der Waals surface area contributed by atoms with Crippen molar-refractivity contribution in [3.05, 3.63) is 45.0 Å². The van der Waals surface area contributed by atoms with E-state index in [0.717, 1.165) is 41.3 Å². The van der Waals surface area contributed by atoms with Crippen molar-refractivity contribution in [2.45, 2.75) is 64.8 Å². The number of nitrogens with zero attached hydrogens (tertiary/aromatic N) is 1.